The van der Waals surface area contributed by atoms with Crippen molar-refractivity contribution in [3.63, 3.8) is 0 Å². The summed E-state index contributed by atoms with van der Waals surface area (Å²) in [5.41, 5.74) is -0.462. The van der Waals surface area contributed by atoms with Gasteiger partial charge in [-0.25, -0.2) is 0 Å². The highest BCUT2D eigenvalue weighted by molar-refractivity contribution is 5.75. The third-order valence-electron chi connectivity index (χ3n) is 1.89. The number of hydrogen-bond donors (Lipinski definition) is 2. The molecule has 0 aromatic heterocycles. The smallest absolute Gasteiger partial charge is 0.323 e. The molecule has 0 aromatic rings. The first-order valence-electron chi connectivity index (χ1n) is 5.40. The summed E-state index contributed by atoms with van der Waals surface area (Å²) < 4.78 is 5.18. The molecule has 0 aromatic carbocycles. The van der Waals surface area contributed by atoms with Gasteiger partial charge in [-0.05, 0) is 34.1 Å². The molecule has 2 atom stereocenters. The minimum Gasteiger partial charge on any atom is -0.459 e. The van der Waals surface area contributed by atoms with E-state index in [2.05, 4.69) is 5.32 Å². The third-order valence-corrected chi connectivity index (χ3v) is 1.89. The fraction of sp³-hybridized carbons (Fsp3) is 0.909. The second kappa shape index (κ2) is 6.08. The number of carbonyl (C=O) groups is 1. The monoisotopic (exact) mass is 217 g/mol. The first-order chi connectivity index (χ1) is 6.76. The summed E-state index contributed by atoms with van der Waals surface area (Å²) in [6.45, 7) is 9.54. The van der Waals surface area contributed by atoms with Crippen LogP contribution in [0, 0.1) is 0 Å². The van der Waals surface area contributed by atoms with Gasteiger partial charge in [0.15, 0.2) is 0 Å². The topological polar surface area (TPSA) is 58.6 Å². The van der Waals surface area contributed by atoms with Crippen molar-refractivity contribution in [2.45, 2.75) is 58.8 Å². The van der Waals surface area contributed by atoms with Crippen molar-refractivity contribution in [3.05, 3.63) is 0 Å². The van der Waals surface area contributed by atoms with Gasteiger partial charge in [0, 0.05) is 6.54 Å². The molecule has 0 spiro atoms. The molecule has 4 heteroatoms. The normalized spacial score (nSPS) is 15.9. The van der Waals surface area contributed by atoms with Gasteiger partial charge < -0.3 is 15.2 Å². The van der Waals surface area contributed by atoms with Crippen LogP contribution in [0.1, 0.15) is 41.0 Å². The second-order valence-corrected chi connectivity index (χ2v) is 4.73. The Bertz CT molecular complexity index is 198. The van der Waals surface area contributed by atoms with Crippen molar-refractivity contribution >= 4 is 5.97 Å². The molecule has 15 heavy (non-hydrogen) atoms. The van der Waals surface area contributed by atoms with E-state index in [0.29, 0.717) is 13.0 Å². The van der Waals surface area contributed by atoms with Crippen molar-refractivity contribution in [2.75, 3.05) is 6.54 Å². The lowest BCUT2D eigenvalue weighted by atomic mass is 10.2. The quantitative estimate of drug-likeness (QED) is 0.676. The number of hydrogen-bond acceptors (Lipinski definition) is 4. The Kier molecular flexibility index (Phi) is 5.83. The molecule has 0 saturated carbocycles. The SMILES string of the molecule is CCC(O)CNC(C)C(=O)OC(C)(C)C. The Hall–Kier alpha value is -0.610. The Morgan fingerprint density at radius 3 is 2.40 bits per heavy atom. The van der Waals surface area contributed by atoms with E-state index >= 15 is 0 Å². The molecule has 4 nitrogen and oxygen atoms in total. The van der Waals surface area contributed by atoms with Gasteiger partial charge in [0.2, 0.25) is 0 Å². The van der Waals surface area contributed by atoms with Gasteiger partial charge in [-0.15, -0.1) is 0 Å². The van der Waals surface area contributed by atoms with Crippen LogP contribution in [0.5, 0.6) is 0 Å². The summed E-state index contributed by atoms with van der Waals surface area (Å²) >= 11 is 0. The van der Waals surface area contributed by atoms with E-state index in [4.69, 9.17) is 4.74 Å². The number of aliphatic hydroxyl groups is 1. The maximum absolute atomic E-state index is 11.5. The molecule has 2 unspecified atom stereocenters. The van der Waals surface area contributed by atoms with Crippen molar-refractivity contribution in [1.29, 1.82) is 0 Å². The Morgan fingerprint density at radius 2 is 2.00 bits per heavy atom. The van der Waals surface area contributed by atoms with Crippen LogP contribution in [0.25, 0.3) is 0 Å². The van der Waals surface area contributed by atoms with Gasteiger partial charge >= 0.3 is 5.97 Å². The number of rotatable bonds is 5. The Morgan fingerprint density at radius 1 is 1.47 bits per heavy atom. The maximum Gasteiger partial charge on any atom is 0.323 e. The number of esters is 1. The number of aliphatic hydroxyl groups excluding tert-OH is 1. The van der Waals surface area contributed by atoms with E-state index < -0.39 is 11.7 Å². The van der Waals surface area contributed by atoms with Gasteiger partial charge in [0.25, 0.3) is 0 Å². The van der Waals surface area contributed by atoms with Crippen LogP contribution in [-0.2, 0) is 9.53 Å². The summed E-state index contributed by atoms with van der Waals surface area (Å²) in [5.74, 6) is -0.286. The first-order valence-corrected chi connectivity index (χ1v) is 5.40. The number of ether oxygens (including phenoxy) is 1. The van der Waals surface area contributed by atoms with E-state index in [-0.39, 0.29) is 12.0 Å². The van der Waals surface area contributed by atoms with E-state index in [1.54, 1.807) is 6.92 Å². The van der Waals surface area contributed by atoms with Crippen molar-refractivity contribution in [2.24, 2.45) is 0 Å². The molecule has 0 saturated heterocycles. The molecule has 0 rings (SSSR count). The van der Waals surface area contributed by atoms with E-state index in [1.165, 1.54) is 0 Å². The zero-order valence-electron chi connectivity index (χ0n) is 10.3. The van der Waals surface area contributed by atoms with Crippen LogP contribution < -0.4 is 5.32 Å². The number of nitrogens with one attached hydrogen (secondary N) is 1. The molecule has 0 aliphatic rings. The highest BCUT2D eigenvalue weighted by atomic mass is 16.6. The zero-order valence-corrected chi connectivity index (χ0v) is 10.3. The van der Waals surface area contributed by atoms with Crippen LogP contribution in [0.4, 0.5) is 0 Å². The van der Waals surface area contributed by atoms with Crippen LogP contribution in [0.2, 0.25) is 0 Å². The van der Waals surface area contributed by atoms with Crippen LogP contribution in [0.15, 0.2) is 0 Å². The molecule has 0 radical (unpaired) electrons. The minimum absolute atomic E-state index is 0.286. The summed E-state index contributed by atoms with van der Waals surface area (Å²) in [5, 5.41) is 12.2. The molecule has 0 amide bonds. The number of carbonyl (C=O) groups excluding carboxylic acids is 1. The average Bonchev–Trinajstić information content (AvgIpc) is 2.10. The van der Waals surface area contributed by atoms with Gasteiger partial charge in [0.05, 0.1) is 6.10 Å². The fourth-order valence-corrected chi connectivity index (χ4v) is 0.931. The summed E-state index contributed by atoms with van der Waals surface area (Å²) in [6, 6.07) is -0.384. The highest BCUT2D eigenvalue weighted by Gasteiger charge is 2.21. The Labute approximate surface area is 92.0 Å². The summed E-state index contributed by atoms with van der Waals surface area (Å²) in [7, 11) is 0. The maximum atomic E-state index is 11.5. The molecular formula is C11H23NO3. The van der Waals surface area contributed by atoms with E-state index in [1.807, 2.05) is 27.7 Å². The average molecular weight is 217 g/mol. The predicted molar refractivity (Wildman–Crippen MR) is 59.6 cm³/mol. The molecule has 0 bridgehead atoms. The molecular weight excluding hydrogens is 194 g/mol. The van der Waals surface area contributed by atoms with Gasteiger partial charge in [-0.3, -0.25) is 4.79 Å². The summed E-state index contributed by atoms with van der Waals surface area (Å²) in [4.78, 5) is 11.5. The minimum atomic E-state index is -0.462. The van der Waals surface area contributed by atoms with E-state index in [9.17, 15) is 9.90 Å². The molecule has 0 aliphatic carbocycles. The zero-order chi connectivity index (χ0) is 12.1. The highest BCUT2D eigenvalue weighted by Crippen LogP contribution is 2.08. The van der Waals surface area contributed by atoms with Crippen LogP contribution in [-0.4, -0.2) is 35.4 Å². The standard InChI is InChI=1S/C11H23NO3/c1-6-9(13)7-12-8(2)10(14)15-11(3,4)5/h8-9,12-13H,6-7H2,1-5H3. The second-order valence-electron chi connectivity index (χ2n) is 4.73. The molecule has 0 heterocycles. The van der Waals surface area contributed by atoms with Gasteiger partial charge in [-0.2, -0.15) is 0 Å². The Balaban J connectivity index is 3.90. The molecule has 2 N–H and O–H groups in total. The van der Waals surface area contributed by atoms with Gasteiger partial charge in [-0.1, -0.05) is 6.92 Å². The predicted octanol–water partition coefficient (Wildman–Crippen LogP) is 1.08. The van der Waals surface area contributed by atoms with Crippen molar-refractivity contribution < 1.29 is 14.6 Å². The van der Waals surface area contributed by atoms with Crippen molar-refractivity contribution in [1.82, 2.24) is 5.32 Å². The first kappa shape index (κ1) is 14.4. The molecule has 90 valence electrons. The fourth-order valence-electron chi connectivity index (χ4n) is 0.931. The lowest BCUT2D eigenvalue weighted by molar-refractivity contribution is -0.157. The van der Waals surface area contributed by atoms with Crippen molar-refractivity contribution in [3.8, 4) is 0 Å². The third kappa shape index (κ3) is 7.33. The van der Waals surface area contributed by atoms with Crippen LogP contribution in [0.3, 0.4) is 0 Å². The van der Waals surface area contributed by atoms with Crippen LogP contribution >= 0.6 is 0 Å². The van der Waals surface area contributed by atoms with Gasteiger partial charge in [0.1, 0.15) is 11.6 Å². The molecule has 0 fully saturated rings. The molecule has 0 aliphatic heterocycles. The largest absolute Gasteiger partial charge is 0.459 e. The lowest BCUT2D eigenvalue weighted by Crippen LogP contribution is -2.42. The lowest BCUT2D eigenvalue weighted by Gasteiger charge is -2.23. The summed E-state index contributed by atoms with van der Waals surface area (Å²) in [6.07, 6.45) is 0.267. The van der Waals surface area contributed by atoms with E-state index in [0.717, 1.165) is 0 Å².